The number of aliphatic imine (C=N–C) groups is 1. The van der Waals surface area contributed by atoms with Gasteiger partial charge in [-0.1, -0.05) is 38.5 Å². The summed E-state index contributed by atoms with van der Waals surface area (Å²) in [6.07, 6.45) is 11.1. The van der Waals surface area contributed by atoms with Crippen molar-refractivity contribution in [3.63, 3.8) is 0 Å². The Morgan fingerprint density at radius 2 is 1.91 bits per heavy atom. The smallest absolute Gasteiger partial charge is 0.356 e. The maximum absolute atomic E-state index is 13.3. The summed E-state index contributed by atoms with van der Waals surface area (Å²) in [7, 11) is 0. The summed E-state index contributed by atoms with van der Waals surface area (Å²) in [6.45, 7) is 1.71. The van der Waals surface area contributed by atoms with Crippen molar-refractivity contribution in [1.29, 1.82) is 5.26 Å². The molecule has 11 heteroatoms. The molecule has 0 atom stereocenters. The van der Waals surface area contributed by atoms with Crippen LogP contribution in [0.2, 0.25) is 0 Å². The van der Waals surface area contributed by atoms with E-state index in [1.165, 1.54) is 17.4 Å². The number of carbonyl (C=O) groups excluding carboxylic acids is 1. The van der Waals surface area contributed by atoms with Crippen molar-refractivity contribution < 1.29 is 9.53 Å². The third-order valence-electron chi connectivity index (χ3n) is 6.73. The molecule has 10 nitrogen and oxygen atoms in total. The summed E-state index contributed by atoms with van der Waals surface area (Å²) in [5, 5.41) is 19.5. The standard InChI is InChI=1S/C23H27N7O3S/c1-13-17-20(31)27-19-16(12-24)28-29-30(19)21(17)34-18(13)22(32)33-23(25-14-8-4-2-5-9-14)26-15-10-6-3-7-11-15/h14-15,29H,2-11H2,1H3,(H,25,26). The van der Waals surface area contributed by atoms with Gasteiger partial charge in [-0.3, -0.25) is 4.79 Å². The third-order valence-corrected chi connectivity index (χ3v) is 7.98. The number of nitriles is 1. The van der Waals surface area contributed by atoms with Crippen molar-refractivity contribution in [2.75, 3.05) is 0 Å². The van der Waals surface area contributed by atoms with Crippen molar-refractivity contribution in [2.45, 2.75) is 83.2 Å². The summed E-state index contributed by atoms with van der Waals surface area (Å²) < 4.78 is 7.29. The molecule has 2 saturated carbocycles. The largest absolute Gasteiger partial charge is 0.388 e. The first-order chi connectivity index (χ1) is 16.5. The number of esters is 1. The molecule has 2 fully saturated rings. The minimum Gasteiger partial charge on any atom is -0.388 e. The molecule has 178 valence electrons. The molecule has 0 unspecified atom stereocenters. The summed E-state index contributed by atoms with van der Waals surface area (Å²) in [5.74, 6) is -0.551. The number of rotatable bonds is 3. The molecule has 0 radical (unpaired) electrons. The number of aryl methyl sites for hydroxylation is 1. The lowest BCUT2D eigenvalue weighted by Gasteiger charge is -2.25. The lowest BCUT2D eigenvalue weighted by Crippen LogP contribution is -2.39. The Morgan fingerprint density at radius 1 is 1.21 bits per heavy atom. The number of nitrogens with zero attached hydrogens (tertiary/aromatic N) is 5. The number of aromatic amines is 1. The van der Waals surface area contributed by atoms with E-state index in [0.29, 0.717) is 20.7 Å². The molecule has 2 aliphatic carbocycles. The Labute approximate surface area is 200 Å². The van der Waals surface area contributed by atoms with E-state index in [0.717, 1.165) is 62.7 Å². The highest BCUT2D eigenvalue weighted by Gasteiger charge is 2.26. The molecule has 3 aromatic rings. The molecule has 0 aliphatic heterocycles. The zero-order chi connectivity index (χ0) is 23.7. The van der Waals surface area contributed by atoms with Crippen LogP contribution in [0.3, 0.4) is 0 Å². The highest BCUT2D eigenvalue weighted by atomic mass is 32.1. The minimum atomic E-state index is -0.551. The lowest BCUT2D eigenvalue weighted by molar-refractivity contribution is 0.0708. The predicted octanol–water partition coefficient (Wildman–Crippen LogP) is 3.58. The number of thiophene rings is 1. The van der Waals surface area contributed by atoms with Crippen molar-refractivity contribution in [3.8, 4) is 6.07 Å². The van der Waals surface area contributed by atoms with Crippen LogP contribution in [0.15, 0.2) is 9.79 Å². The van der Waals surface area contributed by atoms with Crippen molar-refractivity contribution in [3.05, 3.63) is 26.5 Å². The van der Waals surface area contributed by atoms with E-state index in [1.807, 2.05) is 6.07 Å². The Bertz CT molecular complexity index is 1350. The first kappa shape index (κ1) is 22.5. The Balaban J connectivity index is 1.47. The monoisotopic (exact) mass is 481 g/mol. The normalized spacial score (nSPS) is 18.3. The van der Waals surface area contributed by atoms with E-state index in [4.69, 9.17) is 9.73 Å². The fraction of sp³-hybridized carbons (Fsp3) is 0.565. The molecular weight excluding hydrogens is 454 g/mol. The average molecular weight is 482 g/mol. The van der Waals surface area contributed by atoms with Gasteiger partial charge in [0.25, 0.3) is 11.6 Å². The summed E-state index contributed by atoms with van der Waals surface area (Å²) >= 11 is 1.12. The number of aromatic nitrogens is 4. The molecular formula is C23H27N7O3S. The van der Waals surface area contributed by atoms with Gasteiger partial charge in [-0.15, -0.1) is 16.4 Å². The average Bonchev–Trinajstić information content (AvgIpc) is 3.41. The SMILES string of the molecule is Cc1c(C(=O)OC(=NC2CCCCC2)NC2CCCCC2)sc2c1c(=O)nc1c(C#N)n[nH]n12. The molecule has 0 saturated heterocycles. The van der Waals surface area contributed by atoms with Crippen LogP contribution in [0.1, 0.15) is 85.1 Å². The molecule has 0 spiro atoms. The summed E-state index contributed by atoms with van der Waals surface area (Å²) in [4.78, 5) is 35.6. The van der Waals surface area contributed by atoms with E-state index in [-0.39, 0.29) is 29.4 Å². The van der Waals surface area contributed by atoms with Gasteiger partial charge >= 0.3 is 5.97 Å². The van der Waals surface area contributed by atoms with Crippen LogP contribution in [0.5, 0.6) is 0 Å². The van der Waals surface area contributed by atoms with E-state index in [9.17, 15) is 14.9 Å². The number of ether oxygens (including phenoxy) is 1. The number of hydrogen-bond donors (Lipinski definition) is 2. The van der Waals surface area contributed by atoms with Gasteiger partial charge in [0.2, 0.25) is 5.69 Å². The van der Waals surface area contributed by atoms with Crippen molar-refractivity contribution >= 4 is 39.2 Å². The molecule has 3 aromatic heterocycles. The molecule has 5 rings (SSSR count). The summed E-state index contributed by atoms with van der Waals surface area (Å²) in [5.41, 5.74) is 0.157. The number of fused-ring (bicyclic) bond motifs is 3. The van der Waals surface area contributed by atoms with Crippen LogP contribution in [0, 0.1) is 18.3 Å². The number of carbonyl (C=O) groups is 1. The van der Waals surface area contributed by atoms with E-state index < -0.39 is 11.5 Å². The van der Waals surface area contributed by atoms with Gasteiger partial charge in [0.1, 0.15) is 15.8 Å². The first-order valence-electron chi connectivity index (χ1n) is 11.9. The van der Waals surface area contributed by atoms with Crippen LogP contribution in [0.25, 0.3) is 15.9 Å². The van der Waals surface area contributed by atoms with E-state index in [2.05, 4.69) is 20.6 Å². The highest BCUT2D eigenvalue weighted by Crippen LogP contribution is 2.30. The number of amidine groups is 1. The van der Waals surface area contributed by atoms with Crippen LogP contribution in [0.4, 0.5) is 0 Å². The molecule has 0 amide bonds. The van der Waals surface area contributed by atoms with Crippen LogP contribution in [-0.4, -0.2) is 43.9 Å². The third kappa shape index (κ3) is 4.30. The van der Waals surface area contributed by atoms with Crippen LogP contribution in [-0.2, 0) is 4.74 Å². The van der Waals surface area contributed by atoms with Crippen molar-refractivity contribution in [2.24, 2.45) is 4.99 Å². The van der Waals surface area contributed by atoms with Gasteiger partial charge in [-0.05, 0) is 38.2 Å². The van der Waals surface area contributed by atoms with Crippen LogP contribution < -0.4 is 10.9 Å². The van der Waals surface area contributed by atoms with Gasteiger partial charge in [-0.2, -0.15) is 10.2 Å². The molecule has 0 bridgehead atoms. The molecule has 34 heavy (non-hydrogen) atoms. The maximum atomic E-state index is 13.3. The first-order valence-corrected chi connectivity index (χ1v) is 12.7. The van der Waals surface area contributed by atoms with Gasteiger partial charge < -0.3 is 10.1 Å². The van der Waals surface area contributed by atoms with Crippen LogP contribution >= 0.6 is 11.3 Å². The lowest BCUT2D eigenvalue weighted by atomic mass is 9.95. The van der Waals surface area contributed by atoms with Crippen molar-refractivity contribution in [1.82, 2.24) is 25.1 Å². The number of nitrogens with one attached hydrogen (secondary N) is 2. The second-order valence-corrected chi connectivity index (χ2v) is 10.1. The topological polar surface area (TPSA) is 138 Å². The second kappa shape index (κ2) is 9.54. The Morgan fingerprint density at radius 3 is 2.62 bits per heavy atom. The maximum Gasteiger partial charge on any atom is 0.356 e. The zero-order valence-corrected chi connectivity index (χ0v) is 19.9. The quantitative estimate of drug-likeness (QED) is 0.331. The molecule has 2 aliphatic rings. The van der Waals surface area contributed by atoms with E-state index >= 15 is 0 Å². The highest BCUT2D eigenvalue weighted by molar-refractivity contribution is 7.20. The molecule has 0 aromatic carbocycles. The predicted molar refractivity (Wildman–Crippen MR) is 128 cm³/mol. The van der Waals surface area contributed by atoms with Gasteiger partial charge in [0.15, 0.2) is 5.65 Å². The minimum absolute atomic E-state index is 0.0211. The van der Waals surface area contributed by atoms with Gasteiger partial charge in [-0.25, -0.2) is 19.5 Å². The zero-order valence-electron chi connectivity index (χ0n) is 19.1. The molecule has 3 heterocycles. The molecule has 2 N–H and O–H groups in total. The fourth-order valence-corrected chi connectivity index (χ4v) is 6.04. The van der Waals surface area contributed by atoms with Gasteiger partial charge in [0, 0.05) is 6.04 Å². The Hall–Kier alpha value is -3.26. The summed E-state index contributed by atoms with van der Waals surface area (Å²) in [6, 6.07) is 2.59. The van der Waals surface area contributed by atoms with Gasteiger partial charge in [0.05, 0.1) is 11.4 Å². The Kier molecular flexibility index (Phi) is 6.32. The number of hydrogen-bond acceptors (Lipinski definition) is 8. The number of H-pyrrole nitrogens is 1. The van der Waals surface area contributed by atoms with E-state index in [1.54, 1.807) is 6.92 Å². The fourth-order valence-electron chi connectivity index (χ4n) is 4.90. The second-order valence-electron chi connectivity index (χ2n) is 9.08.